The van der Waals surface area contributed by atoms with Crippen LogP contribution in [-0.4, -0.2) is 79.8 Å². The molecule has 3 heterocycles. The average Bonchev–Trinajstić information content (AvgIpc) is 3.50. The summed E-state index contributed by atoms with van der Waals surface area (Å²) in [6.07, 6.45) is 4.37. The molecule has 4 aromatic rings. The molecule has 1 aliphatic heterocycles. The summed E-state index contributed by atoms with van der Waals surface area (Å²) in [6, 6.07) is 10.2. The Morgan fingerprint density at radius 1 is 1.08 bits per heavy atom. The fourth-order valence-electron chi connectivity index (χ4n) is 5.63. The maximum absolute atomic E-state index is 13.5. The fraction of sp³-hybridized carbons (Fsp3) is 0.423. The minimum Gasteiger partial charge on any atom is -0.393 e. The first-order chi connectivity index (χ1) is 18.2. The lowest BCUT2D eigenvalue weighted by molar-refractivity contribution is 0.00593. The molecule has 2 aromatic heterocycles. The van der Waals surface area contributed by atoms with Gasteiger partial charge in [-0.3, -0.25) is 4.90 Å². The predicted molar refractivity (Wildman–Crippen MR) is 139 cm³/mol. The highest BCUT2D eigenvalue weighted by Crippen LogP contribution is 2.36. The van der Waals surface area contributed by atoms with E-state index in [9.17, 15) is 17.9 Å². The van der Waals surface area contributed by atoms with Crippen molar-refractivity contribution in [1.29, 1.82) is 0 Å². The first-order valence-electron chi connectivity index (χ1n) is 12.7. The van der Waals surface area contributed by atoms with E-state index in [0.29, 0.717) is 19.0 Å². The van der Waals surface area contributed by atoms with Crippen molar-refractivity contribution in [3.63, 3.8) is 0 Å². The van der Waals surface area contributed by atoms with Gasteiger partial charge in [0.1, 0.15) is 5.82 Å². The summed E-state index contributed by atoms with van der Waals surface area (Å²) in [4.78, 5) is 3.59. The van der Waals surface area contributed by atoms with Gasteiger partial charge in [-0.2, -0.15) is 19.3 Å². The van der Waals surface area contributed by atoms with Gasteiger partial charge in [-0.15, -0.1) is 5.10 Å². The topological polar surface area (TPSA) is 109 Å². The number of piperazine rings is 1. The van der Waals surface area contributed by atoms with Crippen LogP contribution in [0.15, 0.2) is 53.8 Å². The van der Waals surface area contributed by atoms with Crippen molar-refractivity contribution in [2.75, 3.05) is 26.2 Å². The number of fused-ring (bicyclic) bond motifs is 1. The van der Waals surface area contributed by atoms with E-state index in [1.165, 1.54) is 27.4 Å². The third kappa shape index (κ3) is 4.51. The van der Waals surface area contributed by atoms with Crippen molar-refractivity contribution in [1.82, 2.24) is 34.0 Å². The average molecular weight is 540 g/mol. The van der Waals surface area contributed by atoms with Crippen molar-refractivity contribution in [3.05, 3.63) is 65.7 Å². The molecule has 1 aliphatic carbocycles. The number of rotatable bonds is 6. The van der Waals surface area contributed by atoms with Crippen LogP contribution in [-0.2, 0) is 17.1 Å². The third-order valence-corrected chi connectivity index (χ3v) is 9.45. The molecule has 38 heavy (non-hydrogen) atoms. The number of aliphatic hydroxyl groups excluding tert-OH is 1. The third-order valence-electron chi connectivity index (χ3n) is 7.73. The number of aromatic nitrogens is 5. The molecule has 1 N–H and O–H groups in total. The monoisotopic (exact) mass is 539 g/mol. The van der Waals surface area contributed by atoms with E-state index in [1.807, 2.05) is 6.92 Å². The Morgan fingerprint density at radius 2 is 1.84 bits per heavy atom. The van der Waals surface area contributed by atoms with Crippen molar-refractivity contribution in [2.45, 2.75) is 36.9 Å². The van der Waals surface area contributed by atoms with Gasteiger partial charge in [-0.1, -0.05) is 0 Å². The van der Waals surface area contributed by atoms with Crippen LogP contribution in [0.1, 0.15) is 30.0 Å². The van der Waals surface area contributed by atoms with Crippen LogP contribution < -0.4 is 0 Å². The highest BCUT2D eigenvalue weighted by molar-refractivity contribution is 7.89. The van der Waals surface area contributed by atoms with E-state index < -0.39 is 10.0 Å². The van der Waals surface area contributed by atoms with Crippen LogP contribution in [0.2, 0.25) is 0 Å². The molecule has 10 nitrogen and oxygen atoms in total. The van der Waals surface area contributed by atoms with Crippen LogP contribution in [0.3, 0.4) is 0 Å². The van der Waals surface area contributed by atoms with E-state index in [2.05, 4.69) is 32.3 Å². The van der Waals surface area contributed by atoms with Gasteiger partial charge in [0, 0.05) is 44.7 Å². The second-order valence-electron chi connectivity index (χ2n) is 10.3. The van der Waals surface area contributed by atoms with Gasteiger partial charge >= 0.3 is 0 Å². The van der Waals surface area contributed by atoms with Gasteiger partial charge in [0.15, 0.2) is 0 Å². The highest BCUT2D eigenvalue weighted by Gasteiger charge is 2.39. The van der Waals surface area contributed by atoms with Gasteiger partial charge in [0.2, 0.25) is 5.03 Å². The second-order valence-corrected chi connectivity index (χ2v) is 12.2. The quantitative estimate of drug-likeness (QED) is 0.401. The molecule has 12 heteroatoms. The largest absolute Gasteiger partial charge is 0.393 e. The zero-order valence-corrected chi connectivity index (χ0v) is 22.1. The SMILES string of the molecule is Cc1cc2c(cnn2-c2ccc(F)cc2)cc1[C@@H]1CN(S(=O)(=O)c2cnn(C)n2)CCN1C[C@H]1C[C@@H](O)C1. The smallest absolute Gasteiger partial charge is 0.264 e. The van der Waals surface area contributed by atoms with Crippen LogP contribution >= 0.6 is 0 Å². The van der Waals surface area contributed by atoms with Gasteiger partial charge in [0.05, 0.1) is 29.7 Å². The Bertz CT molecular complexity index is 1580. The number of nitrogens with zero attached hydrogens (tertiary/aromatic N) is 7. The van der Waals surface area contributed by atoms with Gasteiger partial charge < -0.3 is 5.11 Å². The predicted octanol–water partition coefficient (Wildman–Crippen LogP) is 2.42. The molecule has 200 valence electrons. The molecule has 0 radical (unpaired) electrons. The summed E-state index contributed by atoms with van der Waals surface area (Å²) in [6.45, 7) is 4.04. The molecular weight excluding hydrogens is 509 g/mol. The maximum atomic E-state index is 13.5. The molecule has 0 bridgehead atoms. The molecule has 1 saturated heterocycles. The Kier molecular flexibility index (Phi) is 6.29. The lowest BCUT2D eigenvalue weighted by atomic mass is 9.81. The van der Waals surface area contributed by atoms with Gasteiger partial charge in [-0.05, 0) is 73.2 Å². The number of halogens is 1. The first-order valence-corrected chi connectivity index (χ1v) is 14.2. The molecule has 2 aromatic carbocycles. The summed E-state index contributed by atoms with van der Waals surface area (Å²) in [5.41, 5.74) is 3.71. The standard InChI is InChI=1S/C26H30FN7O3S/c1-17-9-24-19(13-29-34(24)21-5-3-20(27)4-6-21)12-23(17)25-16-33(38(36,37)26-14-28-31(2)30-26)8-7-32(25)15-18-10-22(35)11-18/h3-6,9,12-14,18,22,25,35H,7-8,10-11,15-16H2,1-2H3/t18-,22+,25-/m0/s1. The number of benzene rings is 2. The number of hydrogen-bond acceptors (Lipinski definition) is 7. The molecule has 0 unspecified atom stereocenters. The molecule has 2 fully saturated rings. The number of aryl methyl sites for hydroxylation is 2. The molecule has 6 rings (SSSR count). The Morgan fingerprint density at radius 3 is 2.53 bits per heavy atom. The minimum absolute atomic E-state index is 0.0536. The lowest BCUT2D eigenvalue weighted by Gasteiger charge is -2.44. The van der Waals surface area contributed by atoms with Crippen LogP contribution in [0.4, 0.5) is 4.39 Å². The molecular formula is C26H30FN7O3S. The number of hydrogen-bond donors (Lipinski definition) is 1. The minimum atomic E-state index is -3.80. The van der Waals surface area contributed by atoms with Crippen LogP contribution in [0.5, 0.6) is 0 Å². The lowest BCUT2D eigenvalue weighted by Crippen LogP contribution is -2.52. The van der Waals surface area contributed by atoms with Gasteiger partial charge in [0.25, 0.3) is 10.0 Å². The van der Waals surface area contributed by atoms with Crippen molar-refractivity contribution < 1.29 is 17.9 Å². The van der Waals surface area contributed by atoms with Crippen LogP contribution in [0, 0.1) is 18.7 Å². The maximum Gasteiger partial charge on any atom is 0.264 e. The Balaban J connectivity index is 1.36. The Labute approximate surface area is 220 Å². The van der Waals surface area contributed by atoms with E-state index in [1.54, 1.807) is 30.1 Å². The van der Waals surface area contributed by atoms with Gasteiger partial charge in [-0.25, -0.2) is 17.5 Å². The summed E-state index contributed by atoms with van der Waals surface area (Å²) in [5.74, 6) is 0.0851. The molecule has 0 spiro atoms. The molecule has 1 atom stereocenters. The normalized spacial score (nSPS) is 23.1. The van der Waals surface area contributed by atoms with Crippen molar-refractivity contribution >= 4 is 20.9 Å². The zero-order chi connectivity index (χ0) is 26.6. The second kappa shape index (κ2) is 9.53. The summed E-state index contributed by atoms with van der Waals surface area (Å²) >= 11 is 0. The summed E-state index contributed by atoms with van der Waals surface area (Å²) in [7, 11) is -2.21. The fourth-order valence-corrected chi connectivity index (χ4v) is 6.96. The van der Waals surface area contributed by atoms with Crippen molar-refractivity contribution in [2.24, 2.45) is 13.0 Å². The zero-order valence-electron chi connectivity index (χ0n) is 21.3. The number of aliphatic hydroxyl groups is 1. The highest BCUT2D eigenvalue weighted by atomic mass is 32.2. The van der Waals surface area contributed by atoms with E-state index in [-0.39, 0.29) is 29.5 Å². The summed E-state index contributed by atoms with van der Waals surface area (Å²) < 4.78 is 43.6. The van der Waals surface area contributed by atoms with Crippen molar-refractivity contribution in [3.8, 4) is 5.69 Å². The number of sulfonamides is 1. The van der Waals surface area contributed by atoms with E-state index in [0.717, 1.165) is 47.1 Å². The summed E-state index contributed by atoms with van der Waals surface area (Å²) in [5, 5.41) is 23.2. The van der Waals surface area contributed by atoms with Crippen LogP contribution in [0.25, 0.3) is 16.6 Å². The van der Waals surface area contributed by atoms with E-state index in [4.69, 9.17) is 0 Å². The molecule has 2 aliphatic rings. The van der Waals surface area contributed by atoms with E-state index >= 15 is 0 Å². The Hall–Kier alpha value is -3.19. The first kappa shape index (κ1) is 25.1. The molecule has 1 saturated carbocycles. The molecule has 0 amide bonds.